The Labute approximate surface area is 307 Å². The van der Waals surface area contributed by atoms with Gasteiger partial charge >= 0.3 is 0 Å². The zero-order valence-corrected chi connectivity index (χ0v) is 31.6. The van der Waals surface area contributed by atoms with Crippen molar-refractivity contribution in [2.75, 3.05) is 20.3 Å². The fraction of sp³-hybridized carbons (Fsp3) is 0.949. The minimum absolute atomic E-state index is 0.0476. The molecule has 3 aliphatic heterocycles. The molecule has 0 aromatic heterocycles. The second kappa shape index (κ2) is 14.6. The third-order valence-electron chi connectivity index (χ3n) is 15.3. The van der Waals surface area contributed by atoms with Gasteiger partial charge in [0.2, 0.25) is 0 Å². The van der Waals surface area contributed by atoms with Gasteiger partial charge in [-0.2, -0.15) is 0 Å². The molecule has 0 unspecified atom stereocenters. The highest BCUT2D eigenvalue weighted by atomic mass is 16.7. The van der Waals surface area contributed by atoms with Crippen molar-refractivity contribution in [2.24, 2.45) is 46.3 Å². The van der Waals surface area contributed by atoms with E-state index < -0.39 is 73.3 Å². The van der Waals surface area contributed by atoms with Crippen LogP contribution < -0.4 is 0 Å². The average Bonchev–Trinajstić information content (AvgIpc) is 3.57. The number of allylic oxidation sites excluding steroid dienone is 1. The van der Waals surface area contributed by atoms with Crippen LogP contribution in [-0.2, 0) is 28.4 Å². The maximum absolute atomic E-state index is 10.9. The zero-order valence-electron chi connectivity index (χ0n) is 31.6. The zero-order chi connectivity index (χ0) is 37.5. The maximum atomic E-state index is 10.9. The third-order valence-corrected chi connectivity index (χ3v) is 15.3. The molecule has 0 spiro atoms. The van der Waals surface area contributed by atoms with Gasteiger partial charge in [-0.3, -0.25) is 0 Å². The molecule has 13 heteroatoms. The Bertz CT molecular complexity index is 1300. The molecule has 0 amide bonds. The van der Waals surface area contributed by atoms with Crippen LogP contribution in [0.1, 0.15) is 86.0 Å². The lowest BCUT2D eigenvalue weighted by Crippen LogP contribution is -2.60. The molecule has 0 aromatic carbocycles. The number of ether oxygens (including phenoxy) is 6. The molecule has 7 rings (SSSR count). The van der Waals surface area contributed by atoms with Crippen molar-refractivity contribution in [3.8, 4) is 0 Å². The van der Waals surface area contributed by atoms with Crippen LogP contribution in [0.3, 0.4) is 0 Å². The summed E-state index contributed by atoms with van der Waals surface area (Å²) < 4.78 is 37.0. The average molecular weight is 741 g/mol. The first kappa shape index (κ1) is 39.5. The Morgan fingerprint density at radius 3 is 2.38 bits per heavy atom. The first-order valence-electron chi connectivity index (χ1n) is 19.8. The van der Waals surface area contributed by atoms with Crippen LogP contribution in [0.2, 0.25) is 0 Å². The Kier molecular flexibility index (Phi) is 11.1. The lowest BCUT2D eigenvalue weighted by molar-refractivity contribution is -0.300. The lowest BCUT2D eigenvalue weighted by atomic mass is 9.46. The quantitative estimate of drug-likeness (QED) is 0.169. The number of aliphatic hydroxyl groups excluding tert-OH is 7. The van der Waals surface area contributed by atoms with Crippen molar-refractivity contribution in [1.29, 1.82) is 0 Å². The normalized spacial score (nSPS) is 55.2. The molecule has 0 aromatic rings. The number of hydrogen-bond acceptors (Lipinski definition) is 13. The largest absolute Gasteiger partial charge is 0.393 e. The third kappa shape index (κ3) is 6.35. The molecule has 21 atom stereocenters. The second-order valence-corrected chi connectivity index (χ2v) is 18.0. The molecular formula is C39H64O13. The molecular weight excluding hydrogens is 676 g/mol. The first-order chi connectivity index (χ1) is 24.6. The molecule has 52 heavy (non-hydrogen) atoms. The fourth-order valence-electron chi connectivity index (χ4n) is 12.2. The molecule has 3 saturated carbocycles. The van der Waals surface area contributed by atoms with Crippen molar-refractivity contribution >= 4 is 0 Å². The molecule has 6 fully saturated rings. The van der Waals surface area contributed by atoms with E-state index >= 15 is 0 Å². The lowest BCUT2D eigenvalue weighted by Gasteiger charge is -2.60. The van der Waals surface area contributed by atoms with Crippen LogP contribution in [0, 0.1) is 46.3 Å². The van der Waals surface area contributed by atoms with E-state index in [-0.39, 0.29) is 35.4 Å². The van der Waals surface area contributed by atoms with Gasteiger partial charge < -0.3 is 64.2 Å². The minimum Gasteiger partial charge on any atom is -0.393 e. The predicted molar refractivity (Wildman–Crippen MR) is 185 cm³/mol. The number of methoxy groups -OCH3 is 1. The van der Waals surface area contributed by atoms with Crippen molar-refractivity contribution in [2.45, 2.75) is 165 Å². The van der Waals surface area contributed by atoms with E-state index in [2.05, 4.69) is 33.8 Å². The van der Waals surface area contributed by atoms with Gasteiger partial charge in [-0.05, 0) is 80.5 Å². The molecule has 3 heterocycles. The van der Waals surface area contributed by atoms with E-state index in [1.807, 2.05) is 0 Å². The van der Waals surface area contributed by atoms with Gasteiger partial charge in [-0.25, -0.2) is 0 Å². The van der Waals surface area contributed by atoms with E-state index in [1.165, 1.54) is 5.57 Å². The standard InChI is InChI=1S/C39H64O13/c1-18(16-48-35-34(46)32(44)30(42)20(3)50-35)9-12-39(47-6)19(2)29-27(52-39)15-25-23-8-7-21-13-22(40)14-28(38(21,5)24(23)10-11-37(25,29)4)51-36-33(45)31(43)26(41)17-49-36/h7,18-20,22-36,40-46H,8-17H2,1-6H3/t18-,19+,20+,22-,23-,24+,25+,26-,27+,28-,29+,30+,31+,32-,33-,34-,35-,36+,37+,38+,39+/m1/s1. The van der Waals surface area contributed by atoms with Gasteiger partial charge in [0.05, 0.1) is 37.6 Å². The van der Waals surface area contributed by atoms with E-state index in [4.69, 9.17) is 28.4 Å². The van der Waals surface area contributed by atoms with Gasteiger partial charge in [0.25, 0.3) is 0 Å². The topological polar surface area (TPSA) is 197 Å². The monoisotopic (exact) mass is 740 g/mol. The van der Waals surface area contributed by atoms with Gasteiger partial charge in [0, 0.05) is 31.3 Å². The van der Waals surface area contributed by atoms with Crippen LogP contribution in [-0.4, -0.2) is 135 Å². The number of rotatable bonds is 9. The summed E-state index contributed by atoms with van der Waals surface area (Å²) in [5.41, 5.74) is 0.881. The highest BCUT2D eigenvalue weighted by Crippen LogP contribution is 2.70. The molecule has 7 aliphatic rings. The summed E-state index contributed by atoms with van der Waals surface area (Å²) in [6, 6.07) is 0. The molecule has 0 radical (unpaired) electrons. The summed E-state index contributed by atoms with van der Waals surface area (Å²) in [6.07, 6.45) is -2.71. The van der Waals surface area contributed by atoms with Crippen molar-refractivity contribution in [1.82, 2.24) is 0 Å². The fourth-order valence-corrected chi connectivity index (χ4v) is 12.2. The molecule has 0 bridgehead atoms. The van der Waals surface area contributed by atoms with Crippen molar-refractivity contribution in [3.05, 3.63) is 11.6 Å². The van der Waals surface area contributed by atoms with Crippen molar-refractivity contribution < 1.29 is 64.2 Å². The Balaban J connectivity index is 1.02. The predicted octanol–water partition coefficient (Wildman–Crippen LogP) is 1.61. The van der Waals surface area contributed by atoms with Crippen LogP contribution in [0.25, 0.3) is 0 Å². The van der Waals surface area contributed by atoms with E-state index in [1.54, 1.807) is 14.0 Å². The summed E-state index contributed by atoms with van der Waals surface area (Å²) in [7, 11) is 1.74. The summed E-state index contributed by atoms with van der Waals surface area (Å²) >= 11 is 0. The smallest absolute Gasteiger partial charge is 0.186 e. The van der Waals surface area contributed by atoms with Gasteiger partial charge in [0.1, 0.15) is 36.6 Å². The van der Waals surface area contributed by atoms with Crippen LogP contribution in [0.15, 0.2) is 11.6 Å². The summed E-state index contributed by atoms with van der Waals surface area (Å²) in [6.45, 7) is 10.9. The molecule has 13 nitrogen and oxygen atoms in total. The van der Waals surface area contributed by atoms with Gasteiger partial charge in [-0.1, -0.05) is 39.3 Å². The van der Waals surface area contributed by atoms with Crippen LogP contribution in [0.5, 0.6) is 0 Å². The van der Waals surface area contributed by atoms with E-state index in [0.29, 0.717) is 49.5 Å². The second-order valence-electron chi connectivity index (χ2n) is 18.0. The summed E-state index contributed by atoms with van der Waals surface area (Å²) in [5.74, 6) is 0.976. The number of fused-ring (bicyclic) bond motifs is 7. The van der Waals surface area contributed by atoms with Crippen molar-refractivity contribution in [3.63, 3.8) is 0 Å². The summed E-state index contributed by atoms with van der Waals surface area (Å²) in [5, 5.41) is 72.6. The SMILES string of the molecule is CO[C@@]1(CC[C@@H](C)CO[C@@H]2O[C@@H](C)[C@H](O)[C@@H](O)[C@H]2O)O[C@H]2C[C@H]3[C@@H]4CC=C5C[C@@H](O)C[C@@H](O[C@@H]6OC[C@@H](O)[C@H](O)[C@H]6O)[C@]5(C)[C@H]4CC[C@]3(C)[C@H]2[C@@H]1C. The van der Waals surface area contributed by atoms with Gasteiger partial charge in [0.15, 0.2) is 18.4 Å². The molecule has 7 N–H and O–H groups in total. The van der Waals surface area contributed by atoms with E-state index in [9.17, 15) is 35.7 Å². The Hall–Kier alpha value is -0.780. The summed E-state index contributed by atoms with van der Waals surface area (Å²) in [4.78, 5) is 0. The Morgan fingerprint density at radius 2 is 1.65 bits per heavy atom. The molecule has 4 aliphatic carbocycles. The van der Waals surface area contributed by atoms with Gasteiger partial charge in [-0.15, -0.1) is 0 Å². The first-order valence-corrected chi connectivity index (χ1v) is 19.8. The Morgan fingerprint density at radius 1 is 0.923 bits per heavy atom. The number of hydrogen-bond donors (Lipinski definition) is 7. The van der Waals surface area contributed by atoms with Crippen LogP contribution in [0.4, 0.5) is 0 Å². The minimum atomic E-state index is -1.39. The van der Waals surface area contributed by atoms with E-state index in [0.717, 1.165) is 32.1 Å². The maximum Gasteiger partial charge on any atom is 0.186 e. The molecule has 3 saturated heterocycles. The van der Waals surface area contributed by atoms with Crippen LogP contribution >= 0.6 is 0 Å². The number of aliphatic hydroxyl groups is 7. The molecule has 298 valence electrons. The highest BCUT2D eigenvalue weighted by Gasteiger charge is 2.69. The highest BCUT2D eigenvalue weighted by molar-refractivity contribution is 5.28.